The van der Waals surface area contributed by atoms with Gasteiger partial charge in [0.15, 0.2) is 5.69 Å². The molecule has 0 saturated carbocycles. The van der Waals surface area contributed by atoms with E-state index in [4.69, 9.17) is 5.73 Å². The van der Waals surface area contributed by atoms with Gasteiger partial charge in [-0.1, -0.05) is 6.92 Å². The molecule has 1 saturated heterocycles. The van der Waals surface area contributed by atoms with Crippen molar-refractivity contribution < 1.29 is 4.79 Å². The molecule has 0 spiro atoms. The van der Waals surface area contributed by atoms with Crippen molar-refractivity contribution in [2.45, 2.75) is 33.2 Å². The molecule has 0 aliphatic carbocycles. The number of nitrogen functional groups attached to an aromatic ring is 1. The van der Waals surface area contributed by atoms with Crippen LogP contribution in [0.1, 0.15) is 37.2 Å². The Labute approximate surface area is 102 Å². The number of anilines is 1. The Morgan fingerprint density at radius 3 is 3.00 bits per heavy atom. The van der Waals surface area contributed by atoms with Crippen LogP contribution in [0.2, 0.25) is 0 Å². The Bertz CT molecular complexity index is 413. The van der Waals surface area contributed by atoms with Crippen LogP contribution in [0.5, 0.6) is 0 Å². The van der Waals surface area contributed by atoms with Crippen LogP contribution in [0.25, 0.3) is 0 Å². The smallest absolute Gasteiger partial charge is 0.274 e. The SMILES string of the molecule is CCn1nc(C(=O)N2CCC[C@@H](C)C2)cc1N. The van der Waals surface area contributed by atoms with Gasteiger partial charge in [0.1, 0.15) is 5.82 Å². The summed E-state index contributed by atoms with van der Waals surface area (Å²) >= 11 is 0. The Morgan fingerprint density at radius 1 is 1.65 bits per heavy atom. The average molecular weight is 236 g/mol. The first-order chi connectivity index (χ1) is 8.11. The number of likely N-dealkylation sites (tertiary alicyclic amines) is 1. The predicted molar refractivity (Wildman–Crippen MR) is 66.6 cm³/mol. The number of carbonyl (C=O) groups excluding carboxylic acids is 1. The van der Waals surface area contributed by atoms with Crippen LogP contribution in [0, 0.1) is 5.92 Å². The van der Waals surface area contributed by atoms with E-state index < -0.39 is 0 Å². The maximum Gasteiger partial charge on any atom is 0.274 e. The van der Waals surface area contributed by atoms with Gasteiger partial charge in [0.2, 0.25) is 0 Å². The summed E-state index contributed by atoms with van der Waals surface area (Å²) in [6.45, 7) is 6.49. The van der Waals surface area contributed by atoms with E-state index in [1.165, 1.54) is 6.42 Å². The molecule has 2 N–H and O–H groups in total. The zero-order valence-corrected chi connectivity index (χ0v) is 10.5. The van der Waals surface area contributed by atoms with E-state index in [9.17, 15) is 4.79 Å². The van der Waals surface area contributed by atoms with Crippen LogP contribution in [0.3, 0.4) is 0 Å². The summed E-state index contributed by atoms with van der Waals surface area (Å²) in [5.74, 6) is 1.15. The minimum absolute atomic E-state index is 0.00968. The zero-order valence-electron chi connectivity index (χ0n) is 10.5. The van der Waals surface area contributed by atoms with E-state index in [1.54, 1.807) is 10.7 Å². The van der Waals surface area contributed by atoms with E-state index in [0.29, 0.717) is 24.0 Å². The van der Waals surface area contributed by atoms with Gasteiger partial charge in [-0.15, -0.1) is 0 Å². The van der Waals surface area contributed by atoms with Crippen LogP contribution >= 0.6 is 0 Å². The van der Waals surface area contributed by atoms with Crippen LogP contribution < -0.4 is 5.73 Å². The molecule has 2 heterocycles. The summed E-state index contributed by atoms with van der Waals surface area (Å²) in [6.07, 6.45) is 2.28. The molecule has 94 valence electrons. The molecule has 17 heavy (non-hydrogen) atoms. The minimum atomic E-state index is 0.00968. The third-order valence-corrected chi connectivity index (χ3v) is 3.27. The lowest BCUT2D eigenvalue weighted by atomic mass is 10.00. The van der Waals surface area contributed by atoms with Gasteiger partial charge in [0, 0.05) is 25.7 Å². The first-order valence-corrected chi connectivity index (χ1v) is 6.24. The third-order valence-electron chi connectivity index (χ3n) is 3.27. The number of aryl methyl sites for hydroxylation is 1. The lowest BCUT2D eigenvalue weighted by Gasteiger charge is -2.30. The second kappa shape index (κ2) is 4.77. The standard InChI is InChI=1S/C12H20N4O/c1-3-16-11(13)7-10(14-16)12(17)15-6-4-5-9(2)8-15/h7,9H,3-6,8,13H2,1-2H3/t9-/m1/s1. The van der Waals surface area contributed by atoms with Gasteiger partial charge < -0.3 is 10.6 Å². The number of nitrogens with two attached hydrogens (primary N) is 1. The molecule has 5 nitrogen and oxygen atoms in total. The van der Waals surface area contributed by atoms with Gasteiger partial charge in [0.05, 0.1) is 0 Å². The maximum atomic E-state index is 12.2. The highest BCUT2D eigenvalue weighted by Gasteiger charge is 2.24. The lowest BCUT2D eigenvalue weighted by Crippen LogP contribution is -2.39. The fourth-order valence-corrected chi connectivity index (χ4v) is 2.32. The quantitative estimate of drug-likeness (QED) is 0.843. The van der Waals surface area contributed by atoms with E-state index in [1.807, 2.05) is 11.8 Å². The monoisotopic (exact) mass is 236 g/mol. The topological polar surface area (TPSA) is 64.2 Å². The largest absolute Gasteiger partial charge is 0.384 e. The molecule has 1 aliphatic heterocycles. The zero-order chi connectivity index (χ0) is 12.4. The van der Waals surface area contributed by atoms with Gasteiger partial charge in [-0.25, -0.2) is 4.68 Å². The molecule has 5 heteroatoms. The summed E-state index contributed by atoms with van der Waals surface area (Å²) < 4.78 is 1.65. The van der Waals surface area contributed by atoms with Crippen molar-refractivity contribution in [3.05, 3.63) is 11.8 Å². The number of piperidine rings is 1. The molecule has 1 amide bonds. The fraction of sp³-hybridized carbons (Fsp3) is 0.667. The summed E-state index contributed by atoms with van der Waals surface area (Å²) in [6, 6.07) is 1.67. The van der Waals surface area contributed by atoms with Crippen LogP contribution in [0.15, 0.2) is 6.07 Å². The van der Waals surface area contributed by atoms with Crippen LogP contribution in [-0.4, -0.2) is 33.7 Å². The summed E-state index contributed by atoms with van der Waals surface area (Å²) in [4.78, 5) is 14.1. The van der Waals surface area contributed by atoms with Crippen molar-refractivity contribution >= 4 is 11.7 Å². The Balaban J connectivity index is 2.13. The first-order valence-electron chi connectivity index (χ1n) is 6.24. The highest BCUT2D eigenvalue weighted by Crippen LogP contribution is 2.18. The second-order valence-corrected chi connectivity index (χ2v) is 4.77. The molecule has 0 radical (unpaired) electrons. The number of hydrogen-bond donors (Lipinski definition) is 1. The molecular formula is C12H20N4O. The van der Waals surface area contributed by atoms with Crippen LogP contribution in [0.4, 0.5) is 5.82 Å². The van der Waals surface area contributed by atoms with Gasteiger partial charge in [-0.3, -0.25) is 4.79 Å². The summed E-state index contributed by atoms with van der Waals surface area (Å²) in [7, 11) is 0. The van der Waals surface area contributed by atoms with Gasteiger partial charge in [-0.2, -0.15) is 5.10 Å². The lowest BCUT2D eigenvalue weighted by molar-refractivity contribution is 0.0676. The number of hydrogen-bond acceptors (Lipinski definition) is 3. The molecule has 1 aromatic heterocycles. The van der Waals surface area contributed by atoms with Crippen molar-refractivity contribution in [1.82, 2.24) is 14.7 Å². The number of nitrogens with zero attached hydrogens (tertiary/aromatic N) is 3. The molecule has 2 rings (SSSR count). The molecule has 1 fully saturated rings. The average Bonchev–Trinajstić information content (AvgIpc) is 2.69. The first kappa shape index (κ1) is 12.0. The number of amides is 1. The van der Waals surface area contributed by atoms with Gasteiger partial charge in [0.25, 0.3) is 5.91 Å². The fourth-order valence-electron chi connectivity index (χ4n) is 2.32. The van der Waals surface area contributed by atoms with Crippen LogP contribution in [-0.2, 0) is 6.54 Å². The minimum Gasteiger partial charge on any atom is -0.384 e. The van der Waals surface area contributed by atoms with Crippen molar-refractivity contribution in [2.24, 2.45) is 5.92 Å². The summed E-state index contributed by atoms with van der Waals surface area (Å²) in [5, 5.41) is 4.23. The van der Waals surface area contributed by atoms with Crippen molar-refractivity contribution in [1.29, 1.82) is 0 Å². The van der Waals surface area contributed by atoms with Gasteiger partial charge >= 0.3 is 0 Å². The number of carbonyl (C=O) groups is 1. The maximum absolute atomic E-state index is 12.2. The summed E-state index contributed by atoms with van der Waals surface area (Å²) in [5.41, 5.74) is 6.25. The molecule has 1 aliphatic rings. The van der Waals surface area contributed by atoms with E-state index in [2.05, 4.69) is 12.0 Å². The Morgan fingerprint density at radius 2 is 2.41 bits per heavy atom. The molecule has 1 atom stereocenters. The predicted octanol–water partition coefficient (Wildman–Crippen LogP) is 1.36. The number of aromatic nitrogens is 2. The second-order valence-electron chi connectivity index (χ2n) is 4.77. The van der Waals surface area contributed by atoms with E-state index >= 15 is 0 Å². The highest BCUT2D eigenvalue weighted by atomic mass is 16.2. The van der Waals surface area contributed by atoms with E-state index in [-0.39, 0.29) is 5.91 Å². The third kappa shape index (κ3) is 2.43. The Hall–Kier alpha value is -1.52. The molecule has 0 unspecified atom stereocenters. The molecule has 1 aromatic rings. The Kier molecular flexibility index (Phi) is 3.36. The van der Waals surface area contributed by atoms with E-state index in [0.717, 1.165) is 19.5 Å². The molecule has 0 bridgehead atoms. The molecular weight excluding hydrogens is 216 g/mol. The highest BCUT2D eigenvalue weighted by molar-refractivity contribution is 5.93. The van der Waals surface area contributed by atoms with Crippen molar-refractivity contribution in [3.8, 4) is 0 Å². The normalized spacial score (nSPS) is 20.6. The van der Waals surface area contributed by atoms with Gasteiger partial charge in [-0.05, 0) is 25.7 Å². The van der Waals surface area contributed by atoms with Crippen molar-refractivity contribution in [2.75, 3.05) is 18.8 Å². The van der Waals surface area contributed by atoms with Crippen molar-refractivity contribution in [3.63, 3.8) is 0 Å². The molecule has 0 aromatic carbocycles. The number of rotatable bonds is 2.